The topological polar surface area (TPSA) is 59.0 Å². The van der Waals surface area contributed by atoms with Crippen LogP contribution >= 0.6 is 0 Å². The van der Waals surface area contributed by atoms with E-state index in [0.717, 1.165) is 29.2 Å². The van der Waals surface area contributed by atoms with Crippen LogP contribution in [-0.4, -0.2) is 15.7 Å². The predicted octanol–water partition coefficient (Wildman–Crippen LogP) is 2.92. The number of carbonyl (C=O) groups is 1. The van der Waals surface area contributed by atoms with Crippen molar-refractivity contribution in [2.24, 2.45) is 7.05 Å². The van der Waals surface area contributed by atoms with Crippen LogP contribution in [0, 0.1) is 20.8 Å². The normalized spacial score (nSPS) is 10.5. The van der Waals surface area contributed by atoms with Crippen LogP contribution in [0.4, 0.5) is 11.4 Å². The highest BCUT2D eigenvalue weighted by atomic mass is 16.1. The van der Waals surface area contributed by atoms with Crippen LogP contribution < -0.4 is 10.6 Å². The molecule has 0 saturated heterocycles. The van der Waals surface area contributed by atoms with Gasteiger partial charge in [-0.15, -0.1) is 0 Å². The molecule has 21 heavy (non-hydrogen) atoms. The van der Waals surface area contributed by atoms with Gasteiger partial charge in [0.05, 0.1) is 5.69 Å². The third kappa shape index (κ3) is 3.42. The van der Waals surface area contributed by atoms with E-state index in [1.807, 2.05) is 43.8 Å². The lowest BCUT2D eigenvalue weighted by atomic mass is 10.1. The average molecular weight is 286 g/mol. The second-order valence-electron chi connectivity index (χ2n) is 5.34. The van der Waals surface area contributed by atoms with E-state index in [1.54, 1.807) is 0 Å². The van der Waals surface area contributed by atoms with Gasteiger partial charge in [-0.05, 0) is 44.5 Å². The minimum Gasteiger partial charge on any atom is -0.381 e. The number of hydrogen-bond acceptors (Lipinski definition) is 3. The minimum absolute atomic E-state index is 0.0552. The minimum atomic E-state index is -0.0552. The number of anilines is 2. The van der Waals surface area contributed by atoms with Crippen LogP contribution in [0.25, 0.3) is 0 Å². The van der Waals surface area contributed by atoms with Crippen LogP contribution in [0.2, 0.25) is 0 Å². The molecule has 1 heterocycles. The maximum atomic E-state index is 11.1. The van der Waals surface area contributed by atoms with Crippen molar-refractivity contribution in [1.29, 1.82) is 0 Å². The second-order valence-corrected chi connectivity index (χ2v) is 5.34. The molecule has 2 aromatic rings. The van der Waals surface area contributed by atoms with E-state index < -0.39 is 0 Å². The maximum Gasteiger partial charge on any atom is 0.221 e. The van der Waals surface area contributed by atoms with E-state index in [2.05, 4.69) is 22.7 Å². The molecule has 112 valence electrons. The predicted molar refractivity (Wildman–Crippen MR) is 85.5 cm³/mol. The molecule has 0 fully saturated rings. The van der Waals surface area contributed by atoms with Crippen molar-refractivity contribution in [3.05, 3.63) is 40.7 Å². The van der Waals surface area contributed by atoms with Gasteiger partial charge in [-0.2, -0.15) is 5.10 Å². The van der Waals surface area contributed by atoms with Crippen LogP contribution in [0.5, 0.6) is 0 Å². The fourth-order valence-corrected chi connectivity index (χ4v) is 2.37. The number of amides is 1. The molecule has 1 aromatic heterocycles. The van der Waals surface area contributed by atoms with Crippen molar-refractivity contribution in [3.63, 3.8) is 0 Å². The smallest absolute Gasteiger partial charge is 0.221 e. The molecule has 1 amide bonds. The van der Waals surface area contributed by atoms with Gasteiger partial charge in [0, 0.05) is 43.1 Å². The number of carbonyl (C=O) groups excluding carboxylic acids is 1. The number of nitrogens with zero attached hydrogens (tertiary/aromatic N) is 2. The molecule has 0 unspecified atom stereocenters. The van der Waals surface area contributed by atoms with Gasteiger partial charge >= 0.3 is 0 Å². The second kappa shape index (κ2) is 5.99. The van der Waals surface area contributed by atoms with Crippen LogP contribution in [0.3, 0.4) is 0 Å². The Morgan fingerprint density at radius 1 is 1.29 bits per heavy atom. The zero-order valence-corrected chi connectivity index (χ0v) is 13.2. The van der Waals surface area contributed by atoms with Crippen molar-refractivity contribution < 1.29 is 4.79 Å². The van der Waals surface area contributed by atoms with Crippen molar-refractivity contribution in [2.45, 2.75) is 34.2 Å². The zero-order valence-electron chi connectivity index (χ0n) is 13.2. The maximum absolute atomic E-state index is 11.1. The molecule has 2 rings (SSSR count). The molecule has 0 aliphatic carbocycles. The molecule has 2 N–H and O–H groups in total. The molecular formula is C16H22N4O. The number of aromatic nitrogens is 2. The molecule has 0 saturated carbocycles. The average Bonchev–Trinajstić information content (AvgIpc) is 2.64. The summed E-state index contributed by atoms with van der Waals surface area (Å²) in [6.07, 6.45) is 0. The van der Waals surface area contributed by atoms with Crippen molar-refractivity contribution in [2.75, 3.05) is 10.6 Å². The van der Waals surface area contributed by atoms with Crippen molar-refractivity contribution in [3.8, 4) is 0 Å². The van der Waals surface area contributed by atoms with Gasteiger partial charge in [0.2, 0.25) is 5.91 Å². The van der Waals surface area contributed by atoms with Gasteiger partial charge in [0.1, 0.15) is 0 Å². The summed E-state index contributed by atoms with van der Waals surface area (Å²) in [6, 6.07) is 5.92. The quantitative estimate of drug-likeness (QED) is 0.908. The summed E-state index contributed by atoms with van der Waals surface area (Å²) in [5.41, 5.74) is 6.36. The molecule has 1 aromatic carbocycles. The number of hydrogen-bond donors (Lipinski definition) is 2. The number of aryl methyl sites for hydroxylation is 3. The summed E-state index contributed by atoms with van der Waals surface area (Å²) in [4.78, 5) is 11.1. The standard InChI is InChI=1S/C16H22N4O/c1-10-8-14(6-7-16(10)18-13(4)21)17-9-15-11(2)19-20(5)12(15)3/h6-8,17H,9H2,1-5H3,(H,18,21). The third-order valence-electron chi connectivity index (χ3n) is 3.67. The van der Waals surface area contributed by atoms with Gasteiger partial charge in [-0.3, -0.25) is 9.48 Å². The van der Waals surface area contributed by atoms with Gasteiger partial charge < -0.3 is 10.6 Å². The summed E-state index contributed by atoms with van der Waals surface area (Å²) < 4.78 is 1.90. The lowest BCUT2D eigenvalue weighted by molar-refractivity contribution is -0.114. The first kappa shape index (κ1) is 15.1. The molecule has 0 radical (unpaired) electrons. The van der Waals surface area contributed by atoms with Gasteiger partial charge in [0.25, 0.3) is 0 Å². The SMILES string of the molecule is CC(=O)Nc1ccc(NCc2c(C)nn(C)c2C)cc1C. The summed E-state index contributed by atoms with van der Waals surface area (Å²) in [7, 11) is 1.96. The Hall–Kier alpha value is -2.30. The Labute approximate surface area is 125 Å². The van der Waals surface area contributed by atoms with Crippen LogP contribution in [0.1, 0.15) is 29.4 Å². The van der Waals surface area contributed by atoms with E-state index in [1.165, 1.54) is 18.2 Å². The summed E-state index contributed by atoms with van der Waals surface area (Å²) >= 11 is 0. The van der Waals surface area contributed by atoms with Crippen LogP contribution in [-0.2, 0) is 18.4 Å². The Morgan fingerprint density at radius 2 is 2.00 bits per heavy atom. The zero-order chi connectivity index (χ0) is 15.6. The highest BCUT2D eigenvalue weighted by Crippen LogP contribution is 2.21. The summed E-state index contributed by atoms with van der Waals surface area (Å²) in [5, 5.41) is 10.6. The van der Waals surface area contributed by atoms with Crippen molar-refractivity contribution >= 4 is 17.3 Å². The van der Waals surface area contributed by atoms with Crippen LogP contribution in [0.15, 0.2) is 18.2 Å². The number of nitrogens with one attached hydrogen (secondary N) is 2. The largest absolute Gasteiger partial charge is 0.381 e. The Kier molecular flexibility index (Phi) is 4.31. The van der Waals surface area contributed by atoms with Gasteiger partial charge in [0.15, 0.2) is 0 Å². The monoisotopic (exact) mass is 286 g/mol. The molecule has 0 spiro atoms. The fraction of sp³-hybridized carbons (Fsp3) is 0.375. The molecule has 0 aliphatic rings. The third-order valence-corrected chi connectivity index (χ3v) is 3.67. The first-order valence-corrected chi connectivity index (χ1v) is 6.99. The first-order chi connectivity index (χ1) is 9.88. The number of benzene rings is 1. The van der Waals surface area contributed by atoms with E-state index in [0.29, 0.717) is 0 Å². The van der Waals surface area contributed by atoms with E-state index in [-0.39, 0.29) is 5.91 Å². The Balaban J connectivity index is 2.10. The molecule has 0 aliphatic heterocycles. The molecular weight excluding hydrogens is 264 g/mol. The molecule has 5 heteroatoms. The summed E-state index contributed by atoms with van der Waals surface area (Å²) in [6.45, 7) is 8.33. The number of rotatable bonds is 4. The van der Waals surface area contributed by atoms with E-state index >= 15 is 0 Å². The Morgan fingerprint density at radius 3 is 2.52 bits per heavy atom. The summed E-state index contributed by atoms with van der Waals surface area (Å²) in [5.74, 6) is -0.0552. The Bertz CT molecular complexity index is 673. The lowest BCUT2D eigenvalue weighted by Gasteiger charge is -2.11. The van der Waals surface area contributed by atoms with Gasteiger partial charge in [-0.25, -0.2) is 0 Å². The molecule has 0 bridgehead atoms. The van der Waals surface area contributed by atoms with E-state index in [9.17, 15) is 4.79 Å². The van der Waals surface area contributed by atoms with Crippen molar-refractivity contribution in [1.82, 2.24) is 9.78 Å². The first-order valence-electron chi connectivity index (χ1n) is 6.99. The van der Waals surface area contributed by atoms with Gasteiger partial charge in [-0.1, -0.05) is 0 Å². The lowest BCUT2D eigenvalue weighted by Crippen LogP contribution is -2.08. The fourth-order valence-electron chi connectivity index (χ4n) is 2.37. The highest BCUT2D eigenvalue weighted by Gasteiger charge is 2.09. The molecule has 0 atom stereocenters. The van der Waals surface area contributed by atoms with E-state index in [4.69, 9.17) is 0 Å². The highest BCUT2D eigenvalue weighted by molar-refractivity contribution is 5.89. The molecule has 5 nitrogen and oxygen atoms in total.